The number of rotatable bonds is 2. The number of anilines is 2. The van der Waals surface area contributed by atoms with Crippen LogP contribution in [0.25, 0.3) is 10.8 Å². The molecular formula is C17H11BrN2. The van der Waals surface area contributed by atoms with Crippen molar-refractivity contribution in [2.75, 3.05) is 5.32 Å². The highest BCUT2D eigenvalue weighted by Crippen LogP contribution is 2.30. The van der Waals surface area contributed by atoms with Crippen LogP contribution < -0.4 is 5.32 Å². The van der Waals surface area contributed by atoms with Gasteiger partial charge in [-0.05, 0) is 35.7 Å². The monoisotopic (exact) mass is 322 g/mol. The van der Waals surface area contributed by atoms with Gasteiger partial charge in [-0.1, -0.05) is 46.3 Å². The van der Waals surface area contributed by atoms with E-state index in [2.05, 4.69) is 27.3 Å². The average Bonchev–Trinajstić information content (AvgIpc) is 2.50. The van der Waals surface area contributed by atoms with Crippen molar-refractivity contribution in [2.24, 2.45) is 0 Å². The molecule has 1 N–H and O–H groups in total. The van der Waals surface area contributed by atoms with Gasteiger partial charge in [-0.3, -0.25) is 0 Å². The minimum atomic E-state index is 0.645. The zero-order chi connectivity index (χ0) is 13.9. The van der Waals surface area contributed by atoms with Crippen molar-refractivity contribution in [1.82, 2.24) is 0 Å². The Hall–Kier alpha value is -2.31. The van der Waals surface area contributed by atoms with Gasteiger partial charge >= 0.3 is 0 Å². The predicted molar refractivity (Wildman–Crippen MR) is 86.1 cm³/mol. The molecule has 0 heterocycles. The van der Waals surface area contributed by atoms with Crippen LogP contribution in [-0.2, 0) is 0 Å². The molecule has 0 saturated heterocycles. The topological polar surface area (TPSA) is 35.8 Å². The van der Waals surface area contributed by atoms with Gasteiger partial charge in [0.2, 0.25) is 0 Å². The quantitative estimate of drug-likeness (QED) is 0.702. The Kier molecular flexibility index (Phi) is 3.41. The summed E-state index contributed by atoms with van der Waals surface area (Å²) >= 11 is 3.42. The summed E-state index contributed by atoms with van der Waals surface area (Å²) in [6, 6.07) is 22.0. The summed E-state index contributed by atoms with van der Waals surface area (Å²) in [4.78, 5) is 0. The number of hydrogen-bond acceptors (Lipinski definition) is 2. The van der Waals surface area contributed by atoms with Gasteiger partial charge in [0.25, 0.3) is 0 Å². The van der Waals surface area contributed by atoms with Crippen LogP contribution in [0.1, 0.15) is 5.56 Å². The molecule has 3 aromatic rings. The molecular weight excluding hydrogens is 312 g/mol. The van der Waals surface area contributed by atoms with E-state index in [1.54, 1.807) is 0 Å². The van der Waals surface area contributed by atoms with E-state index in [9.17, 15) is 5.26 Å². The maximum absolute atomic E-state index is 9.30. The minimum Gasteiger partial charge on any atom is -0.354 e. The summed E-state index contributed by atoms with van der Waals surface area (Å²) in [5.74, 6) is 0. The summed E-state index contributed by atoms with van der Waals surface area (Å²) in [7, 11) is 0. The van der Waals surface area contributed by atoms with Gasteiger partial charge in [-0.15, -0.1) is 0 Å². The van der Waals surface area contributed by atoms with Crippen molar-refractivity contribution in [3.05, 3.63) is 70.7 Å². The molecule has 0 amide bonds. The first-order chi connectivity index (χ1) is 9.78. The number of benzene rings is 3. The van der Waals surface area contributed by atoms with E-state index in [-0.39, 0.29) is 0 Å². The number of fused-ring (bicyclic) bond motifs is 1. The fraction of sp³-hybridized carbons (Fsp3) is 0. The first kappa shape index (κ1) is 12.7. The summed E-state index contributed by atoms with van der Waals surface area (Å²) in [6.07, 6.45) is 0. The molecule has 0 bridgehead atoms. The van der Waals surface area contributed by atoms with E-state index in [1.165, 1.54) is 0 Å². The normalized spacial score (nSPS) is 10.2. The van der Waals surface area contributed by atoms with Crippen LogP contribution in [0, 0.1) is 11.3 Å². The molecule has 0 aromatic heterocycles. The predicted octanol–water partition coefficient (Wildman–Crippen LogP) is 5.22. The van der Waals surface area contributed by atoms with Gasteiger partial charge < -0.3 is 5.32 Å². The fourth-order valence-electron chi connectivity index (χ4n) is 2.18. The van der Waals surface area contributed by atoms with Crippen molar-refractivity contribution in [1.29, 1.82) is 5.26 Å². The zero-order valence-corrected chi connectivity index (χ0v) is 12.2. The summed E-state index contributed by atoms with van der Waals surface area (Å²) < 4.78 is 1.03. The molecule has 3 aromatic carbocycles. The SMILES string of the molecule is N#Cc1ccc2ccccc2c1Nc1ccc(Br)cc1. The maximum atomic E-state index is 9.30. The average molecular weight is 323 g/mol. The smallest absolute Gasteiger partial charge is 0.101 e. The summed E-state index contributed by atoms with van der Waals surface area (Å²) in [5.41, 5.74) is 2.46. The van der Waals surface area contributed by atoms with E-state index >= 15 is 0 Å². The van der Waals surface area contributed by atoms with Crippen LogP contribution >= 0.6 is 15.9 Å². The first-order valence-electron chi connectivity index (χ1n) is 6.22. The van der Waals surface area contributed by atoms with E-state index in [0.29, 0.717) is 5.56 Å². The molecule has 0 aliphatic carbocycles. The van der Waals surface area contributed by atoms with Gasteiger partial charge in [-0.25, -0.2) is 0 Å². The largest absolute Gasteiger partial charge is 0.354 e. The third kappa shape index (κ3) is 2.38. The lowest BCUT2D eigenvalue weighted by atomic mass is 10.0. The van der Waals surface area contributed by atoms with Crippen molar-refractivity contribution in [3.63, 3.8) is 0 Å². The highest BCUT2D eigenvalue weighted by molar-refractivity contribution is 9.10. The molecule has 20 heavy (non-hydrogen) atoms. The third-order valence-corrected chi connectivity index (χ3v) is 3.69. The Balaban J connectivity index is 2.14. The van der Waals surface area contributed by atoms with Crippen LogP contribution in [0.15, 0.2) is 65.1 Å². The number of halogens is 1. The number of nitriles is 1. The number of hydrogen-bond donors (Lipinski definition) is 1. The minimum absolute atomic E-state index is 0.645. The van der Waals surface area contributed by atoms with Crippen molar-refractivity contribution in [3.8, 4) is 6.07 Å². The van der Waals surface area contributed by atoms with Crippen LogP contribution in [0.5, 0.6) is 0 Å². The lowest BCUT2D eigenvalue weighted by Gasteiger charge is -2.12. The Morgan fingerprint density at radius 1 is 0.900 bits per heavy atom. The molecule has 0 aliphatic heterocycles. The van der Waals surface area contributed by atoms with Crippen molar-refractivity contribution >= 4 is 38.1 Å². The van der Waals surface area contributed by atoms with Gasteiger partial charge in [0, 0.05) is 15.5 Å². The number of nitrogens with one attached hydrogen (secondary N) is 1. The second-order valence-electron chi connectivity index (χ2n) is 4.45. The molecule has 0 aliphatic rings. The second kappa shape index (κ2) is 5.36. The molecule has 96 valence electrons. The number of nitrogens with zero attached hydrogens (tertiary/aromatic N) is 1. The van der Waals surface area contributed by atoms with E-state index in [0.717, 1.165) is 26.6 Å². The fourth-order valence-corrected chi connectivity index (χ4v) is 2.44. The second-order valence-corrected chi connectivity index (χ2v) is 5.37. The molecule has 0 spiro atoms. The first-order valence-corrected chi connectivity index (χ1v) is 7.01. The van der Waals surface area contributed by atoms with Crippen LogP contribution in [0.2, 0.25) is 0 Å². The van der Waals surface area contributed by atoms with Gasteiger partial charge in [0.15, 0.2) is 0 Å². The highest BCUT2D eigenvalue weighted by atomic mass is 79.9. The van der Waals surface area contributed by atoms with E-state index < -0.39 is 0 Å². The molecule has 0 saturated carbocycles. The van der Waals surface area contributed by atoms with E-state index in [4.69, 9.17) is 0 Å². The molecule has 0 radical (unpaired) electrons. The Morgan fingerprint density at radius 3 is 2.40 bits per heavy atom. The Bertz CT molecular complexity index is 801. The van der Waals surface area contributed by atoms with Crippen LogP contribution in [0.4, 0.5) is 11.4 Å². The van der Waals surface area contributed by atoms with E-state index in [1.807, 2.05) is 60.7 Å². The van der Waals surface area contributed by atoms with Gasteiger partial charge in [-0.2, -0.15) is 5.26 Å². The maximum Gasteiger partial charge on any atom is 0.101 e. The lowest BCUT2D eigenvalue weighted by molar-refractivity contribution is 1.47. The van der Waals surface area contributed by atoms with Gasteiger partial charge in [0.05, 0.1) is 11.3 Å². The molecule has 0 fully saturated rings. The zero-order valence-electron chi connectivity index (χ0n) is 10.6. The molecule has 0 atom stereocenters. The van der Waals surface area contributed by atoms with Crippen molar-refractivity contribution in [2.45, 2.75) is 0 Å². The molecule has 3 rings (SSSR count). The highest BCUT2D eigenvalue weighted by Gasteiger charge is 2.07. The Morgan fingerprint density at radius 2 is 1.65 bits per heavy atom. The summed E-state index contributed by atoms with van der Waals surface area (Å²) in [6.45, 7) is 0. The Labute approximate surface area is 125 Å². The van der Waals surface area contributed by atoms with Gasteiger partial charge in [0.1, 0.15) is 6.07 Å². The standard InChI is InChI=1S/C17H11BrN2/c18-14-7-9-15(10-8-14)20-17-13(11-19)6-5-12-3-1-2-4-16(12)17/h1-10,20H. The summed E-state index contributed by atoms with van der Waals surface area (Å²) in [5, 5.41) is 14.8. The molecule has 2 nitrogen and oxygen atoms in total. The van der Waals surface area contributed by atoms with Crippen molar-refractivity contribution < 1.29 is 0 Å². The molecule has 0 unspecified atom stereocenters. The van der Waals surface area contributed by atoms with Crippen LogP contribution in [-0.4, -0.2) is 0 Å². The van der Waals surface area contributed by atoms with Crippen LogP contribution in [0.3, 0.4) is 0 Å². The molecule has 3 heteroatoms. The lowest BCUT2D eigenvalue weighted by Crippen LogP contribution is -1.95. The third-order valence-electron chi connectivity index (χ3n) is 3.16.